The number of phosphoric acid groups is 1. The first-order valence-corrected chi connectivity index (χ1v) is 9.54. The van der Waals surface area contributed by atoms with Crippen LogP contribution < -0.4 is 5.73 Å². The van der Waals surface area contributed by atoms with Gasteiger partial charge in [0.2, 0.25) is 0 Å². The Balaban J connectivity index is 0.00000129. The fourth-order valence-electron chi connectivity index (χ4n) is 2.08. The van der Waals surface area contributed by atoms with Crippen molar-refractivity contribution in [3.63, 3.8) is 0 Å². The molecule has 0 fully saturated rings. The van der Waals surface area contributed by atoms with Gasteiger partial charge in [0, 0.05) is 6.54 Å². The zero-order chi connectivity index (χ0) is 20.1. The van der Waals surface area contributed by atoms with Crippen LogP contribution in [0.4, 0.5) is 0 Å². The van der Waals surface area contributed by atoms with Crippen LogP contribution in [-0.2, 0) is 26.5 Å². The molecule has 0 bridgehead atoms. The third-order valence-electron chi connectivity index (χ3n) is 3.31. The number of phenols is 1. The Morgan fingerprint density at radius 3 is 1.64 bits per heavy atom. The first-order chi connectivity index (χ1) is 11.1. The van der Waals surface area contributed by atoms with Crippen molar-refractivity contribution < 1.29 is 29.1 Å². The van der Waals surface area contributed by atoms with Gasteiger partial charge in [0.1, 0.15) is 5.75 Å². The summed E-state index contributed by atoms with van der Waals surface area (Å²) in [5.41, 5.74) is 6.30. The number of rotatable bonds is 4. The number of phosphoric ester groups is 1. The Morgan fingerprint density at radius 1 is 1.04 bits per heavy atom. The van der Waals surface area contributed by atoms with Crippen LogP contribution in [0.1, 0.15) is 58.2 Å². The maximum Gasteiger partial charge on any atom is 0.469 e. The Morgan fingerprint density at radius 2 is 1.40 bits per heavy atom. The molecule has 6 N–H and O–H groups in total. The van der Waals surface area contributed by atoms with Gasteiger partial charge in [-0.25, -0.2) is 4.57 Å². The number of aromatic hydroxyl groups is 1. The minimum atomic E-state index is -4.52. The number of aliphatic hydroxyl groups excluding tert-OH is 1. The van der Waals surface area contributed by atoms with Gasteiger partial charge in [0.25, 0.3) is 0 Å². The van der Waals surface area contributed by atoms with E-state index < -0.39 is 7.82 Å². The number of aliphatic hydroxyl groups is 1. The average molecular weight is 377 g/mol. The van der Waals surface area contributed by atoms with E-state index in [0.29, 0.717) is 12.1 Å². The molecule has 1 rings (SSSR count). The zero-order valence-corrected chi connectivity index (χ0v) is 16.8. The van der Waals surface area contributed by atoms with Crippen LogP contribution in [0.5, 0.6) is 5.75 Å². The van der Waals surface area contributed by atoms with E-state index in [-0.39, 0.29) is 29.8 Å². The van der Waals surface area contributed by atoms with E-state index in [2.05, 4.69) is 4.52 Å². The second-order valence-corrected chi connectivity index (χ2v) is 9.06. The van der Waals surface area contributed by atoms with E-state index in [1.165, 1.54) is 0 Å². The Bertz CT molecular complexity index is 561. The molecule has 0 aliphatic carbocycles. The first-order valence-electron chi connectivity index (χ1n) is 8.01. The number of benzene rings is 1. The zero-order valence-electron chi connectivity index (χ0n) is 15.9. The van der Waals surface area contributed by atoms with Crippen LogP contribution in [0, 0.1) is 0 Å². The molecule has 0 radical (unpaired) electrons. The third kappa shape index (κ3) is 8.81. The molecule has 1 aromatic rings. The molecular formula is C17H32NO6P. The van der Waals surface area contributed by atoms with Crippen molar-refractivity contribution in [1.82, 2.24) is 0 Å². The Kier molecular flexibility index (Phi) is 8.78. The van der Waals surface area contributed by atoms with Gasteiger partial charge in [-0.15, -0.1) is 0 Å². The van der Waals surface area contributed by atoms with E-state index in [1.807, 2.05) is 41.5 Å². The highest BCUT2D eigenvalue weighted by Gasteiger charge is 2.27. The van der Waals surface area contributed by atoms with Gasteiger partial charge in [0.15, 0.2) is 0 Å². The molecule has 25 heavy (non-hydrogen) atoms. The summed E-state index contributed by atoms with van der Waals surface area (Å²) in [6.45, 7) is 12.1. The highest BCUT2D eigenvalue weighted by molar-refractivity contribution is 7.46. The van der Waals surface area contributed by atoms with Crippen LogP contribution in [0.15, 0.2) is 12.1 Å². The molecule has 146 valence electrons. The number of nitrogens with two attached hydrogens (primary N) is 1. The second kappa shape index (κ2) is 9.12. The summed E-state index contributed by atoms with van der Waals surface area (Å²) in [4.78, 5) is 17.7. The third-order valence-corrected chi connectivity index (χ3v) is 3.78. The van der Waals surface area contributed by atoms with Crippen LogP contribution in [0.25, 0.3) is 0 Å². The molecule has 0 amide bonds. The van der Waals surface area contributed by atoms with Crippen LogP contribution in [-0.4, -0.2) is 33.2 Å². The molecule has 0 saturated carbocycles. The van der Waals surface area contributed by atoms with E-state index in [4.69, 9.17) is 20.6 Å². The van der Waals surface area contributed by atoms with E-state index in [1.54, 1.807) is 12.1 Å². The molecule has 0 aliphatic rings. The molecule has 0 atom stereocenters. The van der Waals surface area contributed by atoms with Crippen molar-refractivity contribution >= 4 is 7.82 Å². The summed E-state index contributed by atoms with van der Waals surface area (Å²) in [5.74, 6) is 0.231. The van der Waals surface area contributed by atoms with E-state index in [0.717, 1.165) is 11.1 Å². The number of hydrogen-bond donors (Lipinski definition) is 5. The molecule has 0 saturated heterocycles. The lowest BCUT2D eigenvalue weighted by molar-refractivity contribution is 0.189. The van der Waals surface area contributed by atoms with E-state index in [9.17, 15) is 9.67 Å². The molecular weight excluding hydrogens is 345 g/mol. The SMILES string of the molecule is CC(C)(C)c1cc(COP(=O)(O)O)cc(C(C)(C)C)c1O.NCCO. The monoisotopic (exact) mass is 377 g/mol. The smallest absolute Gasteiger partial charge is 0.469 e. The molecule has 7 nitrogen and oxygen atoms in total. The lowest BCUT2D eigenvalue weighted by atomic mass is 9.78. The fourth-order valence-corrected chi connectivity index (χ4v) is 2.40. The first kappa shape index (κ1) is 24.1. The van der Waals surface area contributed by atoms with Crippen molar-refractivity contribution in [2.24, 2.45) is 5.73 Å². The summed E-state index contributed by atoms with van der Waals surface area (Å²) in [6.07, 6.45) is 0. The second-order valence-electron chi connectivity index (χ2n) is 7.82. The topological polar surface area (TPSA) is 133 Å². The Hall–Kier alpha value is -0.950. The van der Waals surface area contributed by atoms with Gasteiger partial charge >= 0.3 is 7.82 Å². The minimum Gasteiger partial charge on any atom is -0.507 e. The molecule has 0 spiro atoms. The summed E-state index contributed by atoms with van der Waals surface area (Å²) in [5, 5.41) is 18.3. The van der Waals surface area contributed by atoms with Crippen molar-refractivity contribution in [2.75, 3.05) is 13.2 Å². The van der Waals surface area contributed by atoms with Crippen LogP contribution in [0.3, 0.4) is 0 Å². The molecule has 0 aliphatic heterocycles. The van der Waals surface area contributed by atoms with Gasteiger partial charge in [0.05, 0.1) is 13.2 Å². The van der Waals surface area contributed by atoms with Crippen LogP contribution in [0.2, 0.25) is 0 Å². The maximum absolute atomic E-state index is 10.9. The quantitative estimate of drug-likeness (QED) is 0.509. The maximum atomic E-state index is 10.9. The van der Waals surface area contributed by atoms with Crippen molar-refractivity contribution in [3.05, 3.63) is 28.8 Å². The molecule has 0 unspecified atom stereocenters. The van der Waals surface area contributed by atoms with Gasteiger partial charge < -0.3 is 25.7 Å². The van der Waals surface area contributed by atoms with Gasteiger partial charge in [-0.3, -0.25) is 4.52 Å². The lowest BCUT2D eigenvalue weighted by Gasteiger charge is -2.28. The lowest BCUT2D eigenvalue weighted by Crippen LogP contribution is -2.18. The van der Waals surface area contributed by atoms with Gasteiger partial charge in [-0.2, -0.15) is 0 Å². The highest BCUT2D eigenvalue weighted by Crippen LogP contribution is 2.41. The molecule has 1 aromatic carbocycles. The summed E-state index contributed by atoms with van der Waals surface area (Å²) in [6, 6.07) is 3.47. The highest BCUT2D eigenvalue weighted by atomic mass is 31.2. The Labute approximate surface area is 150 Å². The molecule has 0 heterocycles. The predicted molar refractivity (Wildman–Crippen MR) is 98.5 cm³/mol. The summed E-state index contributed by atoms with van der Waals surface area (Å²) >= 11 is 0. The van der Waals surface area contributed by atoms with Crippen LogP contribution >= 0.6 is 7.82 Å². The van der Waals surface area contributed by atoms with E-state index >= 15 is 0 Å². The predicted octanol–water partition coefficient (Wildman–Crippen LogP) is 2.53. The number of phenolic OH excluding ortho intramolecular Hbond substituents is 1. The molecule has 0 aromatic heterocycles. The fraction of sp³-hybridized carbons (Fsp3) is 0.647. The summed E-state index contributed by atoms with van der Waals surface area (Å²) < 4.78 is 15.4. The average Bonchev–Trinajstić information content (AvgIpc) is 2.43. The minimum absolute atomic E-state index is 0.0972. The van der Waals surface area contributed by atoms with Crippen molar-refractivity contribution in [1.29, 1.82) is 0 Å². The molecule has 8 heteroatoms. The number of hydrogen-bond acceptors (Lipinski definition) is 5. The largest absolute Gasteiger partial charge is 0.507 e. The van der Waals surface area contributed by atoms with Gasteiger partial charge in [-0.05, 0) is 39.7 Å². The van der Waals surface area contributed by atoms with Gasteiger partial charge in [-0.1, -0.05) is 41.5 Å². The van der Waals surface area contributed by atoms with Crippen molar-refractivity contribution in [2.45, 2.75) is 59.0 Å². The normalized spacial score (nSPS) is 12.6. The summed E-state index contributed by atoms with van der Waals surface area (Å²) in [7, 11) is -4.52. The standard InChI is InChI=1S/C15H25O5P.C2H7NO/c1-14(2,3)11-7-10(9-20-21(17,18)19)8-12(13(11)16)15(4,5)6;3-1-2-4/h7-8,16H,9H2,1-6H3,(H2,17,18,19);4H,1-3H2. The van der Waals surface area contributed by atoms with Crippen molar-refractivity contribution in [3.8, 4) is 5.75 Å².